The van der Waals surface area contributed by atoms with Crippen molar-refractivity contribution in [3.63, 3.8) is 0 Å². The van der Waals surface area contributed by atoms with Gasteiger partial charge >= 0.3 is 0 Å². The molecule has 1 heterocycles. The van der Waals surface area contributed by atoms with Crippen LogP contribution in [0.4, 0.5) is 4.39 Å². The number of hydrogen-bond acceptors (Lipinski definition) is 4. The molecule has 2 aromatic carbocycles. The Balaban J connectivity index is 1.62. The van der Waals surface area contributed by atoms with Crippen molar-refractivity contribution in [3.8, 4) is 16.9 Å². The highest BCUT2D eigenvalue weighted by atomic mass is 28.4. The van der Waals surface area contributed by atoms with E-state index in [2.05, 4.69) is 38.8 Å². The first-order valence-electron chi connectivity index (χ1n) is 11.9. The molecule has 0 bridgehead atoms. The Kier molecular flexibility index (Phi) is 8.50. The van der Waals surface area contributed by atoms with Crippen LogP contribution in [0, 0.1) is 5.82 Å². The molecular weight excluding hydrogens is 461 g/mol. The second-order valence-electron chi connectivity index (χ2n) is 10.3. The molecule has 1 aromatic heterocycles. The van der Waals surface area contributed by atoms with Crippen LogP contribution in [0.1, 0.15) is 44.1 Å². The fraction of sp³-hybridized carbons (Fsp3) is 0.407. The third kappa shape index (κ3) is 7.50. The maximum absolute atomic E-state index is 13.2. The standard InChI is InChI=1S/C27H36FN3O3Si/c1-27(2,3)35(4,5)34-24(17-31-18-25(26(29)32)30-19-31)10-7-15-33-23-9-6-8-21(16-23)20-11-13-22(28)14-12-20/h6,8-9,11-14,16,18-19,24H,7,10,15,17H2,1-5H3,(H2,29,32)/t24-/m0/s1. The second kappa shape index (κ2) is 11.2. The first-order valence-corrected chi connectivity index (χ1v) is 14.8. The molecule has 3 rings (SSSR count). The molecule has 0 saturated heterocycles. The molecule has 0 fully saturated rings. The van der Waals surface area contributed by atoms with Gasteiger partial charge in [0.15, 0.2) is 8.32 Å². The number of carbonyl (C=O) groups is 1. The Morgan fingerprint density at radius 1 is 1.14 bits per heavy atom. The van der Waals surface area contributed by atoms with Crippen molar-refractivity contribution in [2.45, 2.75) is 64.4 Å². The largest absolute Gasteiger partial charge is 0.494 e. The monoisotopic (exact) mass is 497 g/mol. The van der Waals surface area contributed by atoms with Crippen LogP contribution in [0.2, 0.25) is 18.1 Å². The van der Waals surface area contributed by atoms with Crippen LogP contribution in [-0.2, 0) is 11.0 Å². The maximum atomic E-state index is 13.2. The summed E-state index contributed by atoms with van der Waals surface area (Å²) in [6.45, 7) is 12.3. The summed E-state index contributed by atoms with van der Waals surface area (Å²) in [5, 5.41) is 0.0792. The zero-order chi connectivity index (χ0) is 25.6. The number of halogens is 1. The molecule has 35 heavy (non-hydrogen) atoms. The Morgan fingerprint density at radius 3 is 2.49 bits per heavy atom. The number of amides is 1. The highest BCUT2D eigenvalue weighted by molar-refractivity contribution is 6.74. The SMILES string of the molecule is CC(C)(C)[Si](C)(C)O[C@@H](CCCOc1cccc(-c2ccc(F)cc2)c1)Cn1cnc(C(N)=O)c1. The van der Waals surface area contributed by atoms with Gasteiger partial charge in [-0.05, 0) is 66.4 Å². The number of imidazole rings is 1. The van der Waals surface area contributed by atoms with Gasteiger partial charge in [0.25, 0.3) is 5.91 Å². The van der Waals surface area contributed by atoms with Gasteiger partial charge in [-0.15, -0.1) is 0 Å². The molecule has 3 aromatic rings. The third-order valence-corrected chi connectivity index (χ3v) is 11.1. The fourth-order valence-corrected chi connectivity index (χ4v) is 4.89. The number of nitrogens with zero attached hydrogens (tertiary/aromatic N) is 2. The van der Waals surface area contributed by atoms with Gasteiger partial charge in [0.2, 0.25) is 0 Å². The molecule has 1 atom stereocenters. The Hall–Kier alpha value is -2.97. The molecule has 0 aliphatic carbocycles. The van der Waals surface area contributed by atoms with E-state index in [0.717, 1.165) is 29.7 Å². The predicted octanol–water partition coefficient (Wildman–Crippen LogP) is 6.04. The van der Waals surface area contributed by atoms with Crippen LogP contribution in [0.5, 0.6) is 5.75 Å². The topological polar surface area (TPSA) is 79.4 Å². The van der Waals surface area contributed by atoms with Gasteiger partial charge in [0, 0.05) is 12.7 Å². The number of hydrogen-bond donors (Lipinski definition) is 1. The van der Waals surface area contributed by atoms with E-state index in [4.69, 9.17) is 14.9 Å². The lowest BCUT2D eigenvalue weighted by atomic mass is 10.1. The summed E-state index contributed by atoms with van der Waals surface area (Å²) in [5.41, 5.74) is 7.52. The van der Waals surface area contributed by atoms with Crippen molar-refractivity contribution in [2.24, 2.45) is 5.73 Å². The van der Waals surface area contributed by atoms with Crippen molar-refractivity contribution < 1.29 is 18.3 Å². The summed E-state index contributed by atoms with van der Waals surface area (Å²) < 4.78 is 27.8. The highest BCUT2D eigenvalue weighted by Gasteiger charge is 2.39. The zero-order valence-electron chi connectivity index (χ0n) is 21.3. The molecule has 188 valence electrons. The number of primary amides is 1. The number of ether oxygens (including phenoxy) is 1. The van der Waals surface area contributed by atoms with E-state index >= 15 is 0 Å². The van der Waals surface area contributed by atoms with Crippen LogP contribution in [0.15, 0.2) is 61.1 Å². The molecule has 1 amide bonds. The average Bonchev–Trinajstić information content (AvgIpc) is 3.25. The van der Waals surface area contributed by atoms with E-state index < -0.39 is 14.2 Å². The Morgan fingerprint density at radius 2 is 1.86 bits per heavy atom. The Bertz CT molecular complexity index is 1120. The van der Waals surface area contributed by atoms with Crippen LogP contribution in [-0.4, -0.2) is 36.5 Å². The minimum Gasteiger partial charge on any atom is -0.494 e. The van der Waals surface area contributed by atoms with Gasteiger partial charge in [0.1, 0.15) is 17.3 Å². The van der Waals surface area contributed by atoms with Crippen LogP contribution in [0.25, 0.3) is 11.1 Å². The molecule has 0 saturated carbocycles. The quantitative estimate of drug-likeness (QED) is 0.259. The normalized spacial score (nSPS) is 13.0. The molecule has 0 aliphatic rings. The average molecular weight is 498 g/mol. The summed E-state index contributed by atoms with van der Waals surface area (Å²) in [7, 11) is -2.00. The summed E-state index contributed by atoms with van der Waals surface area (Å²) >= 11 is 0. The molecule has 0 aliphatic heterocycles. The van der Waals surface area contributed by atoms with E-state index in [9.17, 15) is 9.18 Å². The van der Waals surface area contributed by atoms with E-state index in [1.807, 2.05) is 28.8 Å². The van der Waals surface area contributed by atoms with Gasteiger partial charge in [-0.3, -0.25) is 4.79 Å². The van der Waals surface area contributed by atoms with Crippen LogP contribution >= 0.6 is 0 Å². The minimum atomic E-state index is -2.00. The van der Waals surface area contributed by atoms with E-state index in [1.165, 1.54) is 12.1 Å². The summed E-state index contributed by atoms with van der Waals surface area (Å²) in [5.74, 6) is -0.0200. The Labute approximate surface area is 208 Å². The molecule has 2 N–H and O–H groups in total. The van der Waals surface area contributed by atoms with Crippen LogP contribution in [0.3, 0.4) is 0 Å². The molecule has 0 spiro atoms. The summed E-state index contributed by atoms with van der Waals surface area (Å²) in [6.07, 6.45) is 4.85. The van der Waals surface area contributed by atoms with E-state index in [1.54, 1.807) is 24.7 Å². The minimum absolute atomic E-state index is 0.0417. The first-order chi connectivity index (χ1) is 16.4. The summed E-state index contributed by atoms with van der Waals surface area (Å²) in [6, 6.07) is 14.2. The third-order valence-electron chi connectivity index (χ3n) is 6.52. The lowest BCUT2D eigenvalue weighted by molar-refractivity contribution is 0.0995. The van der Waals surface area contributed by atoms with Gasteiger partial charge < -0.3 is 19.5 Å². The van der Waals surface area contributed by atoms with Gasteiger partial charge in [-0.25, -0.2) is 9.37 Å². The summed E-state index contributed by atoms with van der Waals surface area (Å²) in [4.78, 5) is 15.5. The lowest BCUT2D eigenvalue weighted by Crippen LogP contribution is -2.45. The van der Waals surface area contributed by atoms with Gasteiger partial charge in [0.05, 0.1) is 19.0 Å². The second-order valence-corrected chi connectivity index (χ2v) is 15.1. The van der Waals surface area contributed by atoms with Crippen molar-refractivity contribution in [1.29, 1.82) is 0 Å². The molecule has 0 unspecified atom stereocenters. The van der Waals surface area contributed by atoms with Crippen molar-refractivity contribution in [1.82, 2.24) is 9.55 Å². The highest BCUT2D eigenvalue weighted by Crippen LogP contribution is 2.38. The number of carbonyl (C=O) groups excluding carboxylic acids is 1. The molecule has 0 radical (unpaired) electrons. The number of aromatic nitrogens is 2. The van der Waals surface area contributed by atoms with E-state index in [-0.39, 0.29) is 22.7 Å². The lowest BCUT2D eigenvalue weighted by Gasteiger charge is -2.39. The maximum Gasteiger partial charge on any atom is 0.268 e. The molecule has 8 heteroatoms. The van der Waals surface area contributed by atoms with E-state index in [0.29, 0.717) is 13.2 Å². The van der Waals surface area contributed by atoms with Gasteiger partial charge in [-0.2, -0.15) is 0 Å². The first kappa shape index (κ1) is 26.6. The molecular formula is C27H36FN3O3Si. The van der Waals surface area contributed by atoms with Crippen LogP contribution < -0.4 is 10.5 Å². The van der Waals surface area contributed by atoms with Crippen molar-refractivity contribution >= 4 is 14.2 Å². The zero-order valence-corrected chi connectivity index (χ0v) is 22.3. The van der Waals surface area contributed by atoms with Gasteiger partial charge in [-0.1, -0.05) is 45.0 Å². The van der Waals surface area contributed by atoms with Crippen molar-refractivity contribution in [3.05, 3.63) is 72.6 Å². The number of rotatable bonds is 11. The fourth-order valence-electron chi connectivity index (χ4n) is 3.51. The number of benzene rings is 2. The predicted molar refractivity (Wildman–Crippen MR) is 139 cm³/mol. The van der Waals surface area contributed by atoms with Crippen molar-refractivity contribution in [2.75, 3.05) is 6.61 Å². The number of nitrogens with two attached hydrogens (primary N) is 1. The molecule has 6 nitrogen and oxygen atoms in total. The smallest absolute Gasteiger partial charge is 0.268 e.